The van der Waals surface area contributed by atoms with E-state index in [0.29, 0.717) is 17.8 Å². The molecule has 27 heavy (non-hydrogen) atoms. The molecule has 4 nitrogen and oxygen atoms in total. The zero-order valence-electron chi connectivity index (χ0n) is 15.8. The molecule has 0 saturated heterocycles. The van der Waals surface area contributed by atoms with Gasteiger partial charge in [0.05, 0.1) is 0 Å². The molecule has 144 valence electrons. The van der Waals surface area contributed by atoms with Crippen molar-refractivity contribution in [1.29, 1.82) is 0 Å². The molecule has 0 spiro atoms. The lowest BCUT2D eigenvalue weighted by Gasteiger charge is -2.31. The fourth-order valence-corrected chi connectivity index (χ4v) is 3.61. The molecule has 0 aromatic heterocycles. The summed E-state index contributed by atoms with van der Waals surface area (Å²) in [5, 5.41) is 12.0. The Morgan fingerprint density at radius 1 is 1.26 bits per heavy atom. The third-order valence-electron chi connectivity index (χ3n) is 5.02. The van der Waals surface area contributed by atoms with Crippen LogP contribution in [0.3, 0.4) is 0 Å². The van der Waals surface area contributed by atoms with Crippen molar-refractivity contribution >= 4 is 17.3 Å². The van der Waals surface area contributed by atoms with E-state index in [4.69, 9.17) is 5.11 Å². The largest absolute Gasteiger partial charge is 0.481 e. The van der Waals surface area contributed by atoms with Crippen LogP contribution in [0.1, 0.15) is 42.9 Å². The standard InChI is InChI=1S/C22H27FN2O2/c1-2-11-25-12-3-4-18-6-5-16(13-21(18)25)15-24-19-9-7-17(20(23)14-19)8-10-22(26)27/h5-7,9,13-14,24H,2-4,8,10-12,15H2,1H3,(H,26,27). The molecular formula is C22H27FN2O2. The van der Waals surface area contributed by atoms with Gasteiger partial charge in [0.2, 0.25) is 0 Å². The van der Waals surface area contributed by atoms with Gasteiger partial charge in [-0.1, -0.05) is 25.1 Å². The number of aliphatic carboxylic acids is 1. The van der Waals surface area contributed by atoms with E-state index < -0.39 is 5.97 Å². The van der Waals surface area contributed by atoms with Crippen LogP contribution in [0.25, 0.3) is 0 Å². The molecule has 5 heteroatoms. The summed E-state index contributed by atoms with van der Waals surface area (Å²) in [4.78, 5) is 13.1. The molecule has 0 radical (unpaired) electrons. The maximum atomic E-state index is 14.1. The van der Waals surface area contributed by atoms with Crippen LogP contribution >= 0.6 is 0 Å². The van der Waals surface area contributed by atoms with Crippen molar-refractivity contribution in [2.45, 2.75) is 45.6 Å². The molecule has 0 bridgehead atoms. The Morgan fingerprint density at radius 3 is 2.85 bits per heavy atom. The number of aryl methyl sites for hydroxylation is 2. The highest BCUT2D eigenvalue weighted by atomic mass is 19.1. The number of halogens is 1. The van der Waals surface area contributed by atoms with Crippen molar-refractivity contribution in [2.75, 3.05) is 23.3 Å². The van der Waals surface area contributed by atoms with Crippen LogP contribution in [-0.4, -0.2) is 24.2 Å². The SMILES string of the molecule is CCCN1CCCc2ccc(CNc3ccc(CCC(=O)O)c(F)c3)cc21. The van der Waals surface area contributed by atoms with Gasteiger partial charge in [-0.2, -0.15) is 0 Å². The lowest BCUT2D eigenvalue weighted by molar-refractivity contribution is -0.136. The van der Waals surface area contributed by atoms with E-state index in [9.17, 15) is 9.18 Å². The third-order valence-corrected chi connectivity index (χ3v) is 5.02. The topological polar surface area (TPSA) is 52.6 Å². The summed E-state index contributed by atoms with van der Waals surface area (Å²) < 4.78 is 14.1. The number of nitrogens with zero attached hydrogens (tertiary/aromatic N) is 1. The second kappa shape index (κ2) is 8.89. The number of carbonyl (C=O) groups is 1. The summed E-state index contributed by atoms with van der Waals surface area (Å²) in [7, 11) is 0. The summed E-state index contributed by atoms with van der Waals surface area (Å²) in [6.45, 7) is 5.02. The lowest BCUT2D eigenvalue weighted by Crippen LogP contribution is -2.30. The first-order valence-electron chi connectivity index (χ1n) is 9.67. The fraction of sp³-hybridized carbons (Fsp3) is 0.409. The minimum absolute atomic E-state index is 0.0624. The average Bonchev–Trinajstić information content (AvgIpc) is 2.66. The number of fused-ring (bicyclic) bond motifs is 1. The minimum Gasteiger partial charge on any atom is -0.481 e. The molecule has 0 amide bonds. The predicted molar refractivity (Wildman–Crippen MR) is 107 cm³/mol. The highest BCUT2D eigenvalue weighted by molar-refractivity contribution is 5.67. The van der Waals surface area contributed by atoms with E-state index in [1.165, 1.54) is 29.3 Å². The smallest absolute Gasteiger partial charge is 0.303 e. The molecular weight excluding hydrogens is 343 g/mol. The molecule has 0 aliphatic carbocycles. The maximum Gasteiger partial charge on any atom is 0.303 e. The Kier molecular flexibility index (Phi) is 6.32. The van der Waals surface area contributed by atoms with Crippen LogP contribution in [0.15, 0.2) is 36.4 Å². The Labute approximate surface area is 160 Å². The van der Waals surface area contributed by atoms with Crippen LogP contribution < -0.4 is 10.2 Å². The number of carboxylic acid groups (broad SMARTS) is 1. The highest BCUT2D eigenvalue weighted by Crippen LogP contribution is 2.28. The Hall–Kier alpha value is -2.56. The fourth-order valence-electron chi connectivity index (χ4n) is 3.61. The number of hydrogen-bond acceptors (Lipinski definition) is 3. The van der Waals surface area contributed by atoms with Crippen molar-refractivity contribution in [1.82, 2.24) is 0 Å². The monoisotopic (exact) mass is 370 g/mol. The second-order valence-electron chi connectivity index (χ2n) is 7.11. The number of rotatable bonds is 8. The van der Waals surface area contributed by atoms with Gasteiger partial charge in [-0.15, -0.1) is 0 Å². The van der Waals surface area contributed by atoms with Gasteiger partial charge in [-0.05, 0) is 60.6 Å². The van der Waals surface area contributed by atoms with Gasteiger partial charge in [0.25, 0.3) is 0 Å². The molecule has 2 N–H and O–H groups in total. The van der Waals surface area contributed by atoms with Gasteiger partial charge in [0, 0.05) is 37.4 Å². The summed E-state index contributed by atoms with van der Waals surface area (Å²) in [6, 6.07) is 11.5. The molecule has 0 fully saturated rings. The predicted octanol–water partition coefficient (Wildman–Crippen LogP) is 4.62. The number of carboxylic acids is 1. The number of anilines is 2. The van der Waals surface area contributed by atoms with E-state index in [2.05, 4.69) is 35.3 Å². The van der Waals surface area contributed by atoms with Crippen LogP contribution in [0.2, 0.25) is 0 Å². The first kappa shape index (κ1) is 19.2. The van der Waals surface area contributed by atoms with Gasteiger partial charge in [0.1, 0.15) is 5.82 Å². The maximum absolute atomic E-state index is 14.1. The summed E-state index contributed by atoms with van der Waals surface area (Å²) in [5.41, 5.74) is 5.05. The summed E-state index contributed by atoms with van der Waals surface area (Å²) in [5.74, 6) is -1.28. The van der Waals surface area contributed by atoms with Gasteiger partial charge in [0.15, 0.2) is 0 Å². The van der Waals surface area contributed by atoms with E-state index in [1.54, 1.807) is 6.07 Å². The number of nitrogens with one attached hydrogen (secondary N) is 1. The average molecular weight is 370 g/mol. The molecule has 0 unspecified atom stereocenters. The van der Waals surface area contributed by atoms with E-state index >= 15 is 0 Å². The summed E-state index contributed by atoms with van der Waals surface area (Å²) >= 11 is 0. The zero-order chi connectivity index (χ0) is 19.2. The molecule has 2 aromatic carbocycles. The van der Waals surface area contributed by atoms with E-state index in [-0.39, 0.29) is 18.7 Å². The molecule has 1 heterocycles. The second-order valence-corrected chi connectivity index (χ2v) is 7.11. The summed E-state index contributed by atoms with van der Waals surface area (Å²) in [6.07, 6.45) is 3.62. The molecule has 0 saturated carbocycles. The van der Waals surface area contributed by atoms with Gasteiger partial charge in [-0.3, -0.25) is 4.79 Å². The van der Waals surface area contributed by atoms with Crippen molar-refractivity contribution < 1.29 is 14.3 Å². The van der Waals surface area contributed by atoms with E-state index in [0.717, 1.165) is 25.9 Å². The normalized spacial score (nSPS) is 13.3. The van der Waals surface area contributed by atoms with Gasteiger partial charge in [-0.25, -0.2) is 4.39 Å². The van der Waals surface area contributed by atoms with Crippen LogP contribution in [0.4, 0.5) is 15.8 Å². The quantitative estimate of drug-likeness (QED) is 0.712. The van der Waals surface area contributed by atoms with Crippen LogP contribution in [0, 0.1) is 5.82 Å². The van der Waals surface area contributed by atoms with Crippen LogP contribution in [0.5, 0.6) is 0 Å². The number of benzene rings is 2. The van der Waals surface area contributed by atoms with Gasteiger partial charge >= 0.3 is 5.97 Å². The van der Waals surface area contributed by atoms with Crippen molar-refractivity contribution in [2.24, 2.45) is 0 Å². The molecule has 3 rings (SSSR count). The highest BCUT2D eigenvalue weighted by Gasteiger charge is 2.16. The lowest BCUT2D eigenvalue weighted by atomic mass is 9.99. The molecule has 0 atom stereocenters. The third kappa shape index (κ3) is 5.00. The minimum atomic E-state index is -0.916. The van der Waals surface area contributed by atoms with E-state index in [1.807, 2.05) is 6.07 Å². The first-order valence-corrected chi connectivity index (χ1v) is 9.67. The van der Waals surface area contributed by atoms with Crippen molar-refractivity contribution in [3.8, 4) is 0 Å². The zero-order valence-corrected chi connectivity index (χ0v) is 15.8. The Balaban J connectivity index is 1.65. The van der Waals surface area contributed by atoms with Crippen molar-refractivity contribution in [3.05, 3.63) is 58.9 Å². The molecule has 1 aliphatic rings. The van der Waals surface area contributed by atoms with Gasteiger partial charge < -0.3 is 15.3 Å². The first-order chi connectivity index (χ1) is 13.1. The molecule has 1 aliphatic heterocycles. The number of hydrogen-bond donors (Lipinski definition) is 2. The van der Waals surface area contributed by atoms with Crippen molar-refractivity contribution in [3.63, 3.8) is 0 Å². The van der Waals surface area contributed by atoms with Crippen LogP contribution in [-0.2, 0) is 24.2 Å². The molecule has 2 aromatic rings. The Bertz CT molecular complexity index is 807. The Morgan fingerprint density at radius 2 is 2.11 bits per heavy atom.